The molecule has 2 fully saturated rings. The fraction of sp³-hybridized carbons (Fsp3) is 0.650. The lowest BCUT2D eigenvalue weighted by Gasteiger charge is -2.36. The molecule has 0 spiro atoms. The number of rotatable bonds is 5. The summed E-state index contributed by atoms with van der Waals surface area (Å²) in [5, 5.41) is 6.79. The SMILES string of the molecule is CN=C(NCC(C)N1CCN(C)CC1)NC1CCN(c2c(F)cccc2F)C1. The van der Waals surface area contributed by atoms with Crippen LogP contribution in [0.1, 0.15) is 13.3 Å². The second-order valence-corrected chi connectivity index (χ2v) is 7.79. The number of para-hydroxylation sites is 1. The van der Waals surface area contributed by atoms with Gasteiger partial charge in [-0.15, -0.1) is 0 Å². The summed E-state index contributed by atoms with van der Waals surface area (Å²) in [6.45, 7) is 8.56. The number of nitrogens with one attached hydrogen (secondary N) is 2. The van der Waals surface area contributed by atoms with Gasteiger partial charge in [-0.2, -0.15) is 0 Å². The van der Waals surface area contributed by atoms with Crippen LogP contribution in [0.4, 0.5) is 14.5 Å². The summed E-state index contributed by atoms with van der Waals surface area (Å²) in [4.78, 5) is 10.9. The Bertz CT molecular complexity index is 654. The van der Waals surface area contributed by atoms with Gasteiger partial charge in [0, 0.05) is 64.9 Å². The van der Waals surface area contributed by atoms with Gasteiger partial charge in [0.2, 0.25) is 0 Å². The van der Waals surface area contributed by atoms with Crippen molar-refractivity contribution >= 4 is 11.6 Å². The minimum absolute atomic E-state index is 0.0680. The first-order chi connectivity index (χ1) is 13.5. The van der Waals surface area contributed by atoms with Crippen molar-refractivity contribution in [3.63, 3.8) is 0 Å². The Morgan fingerprint density at radius 3 is 2.50 bits per heavy atom. The summed E-state index contributed by atoms with van der Waals surface area (Å²) in [6, 6.07) is 4.52. The molecule has 2 heterocycles. The highest BCUT2D eigenvalue weighted by Crippen LogP contribution is 2.26. The van der Waals surface area contributed by atoms with E-state index in [1.165, 1.54) is 18.2 Å². The molecule has 2 aliphatic heterocycles. The van der Waals surface area contributed by atoms with Crippen molar-refractivity contribution in [3.8, 4) is 0 Å². The van der Waals surface area contributed by atoms with E-state index in [1.54, 1.807) is 11.9 Å². The molecule has 6 nitrogen and oxygen atoms in total. The highest BCUT2D eigenvalue weighted by molar-refractivity contribution is 5.80. The monoisotopic (exact) mass is 394 g/mol. The van der Waals surface area contributed by atoms with Gasteiger partial charge in [0.05, 0.1) is 0 Å². The minimum Gasteiger partial charge on any atom is -0.365 e. The quantitative estimate of drug-likeness (QED) is 0.583. The second kappa shape index (κ2) is 9.52. The third-order valence-electron chi connectivity index (χ3n) is 5.73. The lowest BCUT2D eigenvalue weighted by Crippen LogP contribution is -2.53. The molecule has 156 valence electrons. The predicted octanol–water partition coefficient (Wildman–Crippen LogP) is 1.34. The third-order valence-corrected chi connectivity index (χ3v) is 5.73. The van der Waals surface area contributed by atoms with E-state index >= 15 is 0 Å². The van der Waals surface area contributed by atoms with Crippen molar-refractivity contribution in [2.45, 2.75) is 25.4 Å². The number of anilines is 1. The van der Waals surface area contributed by atoms with Gasteiger partial charge in [0.15, 0.2) is 5.96 Å². The molecule has 0 bridgehead atoms. The van der Waals surface area contributed by atoms with Gasteiger partial charge in [-0.3, -0.25) is 9.89 Å². The van der Waals surface area contributed by atoms with Crippen LogP contribution < -0.4 is 15.5 Å². The van der Waals surface area contributed by atoms with Gasteiger partial charge >= 0.3 is 0 Å². The molecule has 2 aliphatic rings. The van der Waals surface area contributed by atoms with Gasteiger partial charge < -0.3 is 20.4 Å². The molecular formula is C20H32F2N6. The van der Waals surface area contributed by atoms with Crippen molar-refractivity contribution in [2.75, 3.05) is 64.8 Å². The molecule has 0 saturated carbocycles. The molecule has 0 aliphatic carbocycles. The van der Waals surface area contributed by atoms with E-state index in [0.29, 0.717) is 19.1 Å². The van der Waals surface area contributed by atoms with E-state index in [2.05, 4.69) is 39.4 Å². The van der Waals surface area contributed by atoms with Crippen LogP contribution in [-0.2, 0) is 0 Å². The van der Waals surface area contributed by atoms with Crippen LogP contribution in [0.2, 0.25) is 0 Å². The Labute approximate surface area is 166 Å². The molecule has 2 N–H and O–H groups in total. The van der Waals surface area contributed by atoms with Gasteiger partial charge in [-0.05, 0) is 32.5 Å². The number of aliphatic imine (C=N–C) groups is 1. The molecule has 0 radical (unpaired) electrons. The Morgan fingerprint density at radius 1 is 1.18 bits per heavy atom. The Balaban J connectivity index is 1.48. The summed E-state index contributed by atoms with van der Waals surface area (Å²) >= 11 is 0. The minimum atomic E-state index is -0.510. The van der Waals surface area contributed by atoms with E-state index in [4.69, 9.17) is 0 Å². The van der Waals surface area contributed by atoms with Crippen molar-refractivity contribution in [2.24, 2.45) is 4.99 Å². The number of guanidine groups is 1. The van der Waals surface area contributed by atoms with Gasteiger partial charge in [0.1, 0.15) is 17.3 Å². The molecule has 0 aromatic heterocycles. The van der Waals surface area contributed by atoms with E-state index < -0.39 is 11.6 Å². The first-order valence-electron chi connectivity index (χ1n) is 10.1. The zero-order valence-corrected chi connectivity index (χ0v) is 17.1. The number of halogens is 2. The van der Waals surface area contributed by atoms with Crippen LogP contribution in [0.5, 0.6) is 0 Å². The average molecular weight is 395 g/mol. The van der Waals surface area contributed by atoms with E-state index in [0.717, 1.165) is 45.1 Å². The zero-order valence-electron chi connectivity index (χ0n) is 17.1. The lowest BCUT2D eigenvalue weighted by atomic mass is 10.2. The van der Waals surface area contributed by atoms with Crippen molar-refractivity contribution < 1.29 is 8.78 Å². The summed E-state index contributed by atoms with van der Waals surface area (Å²) < 4.78 is 28.0. The van der Waals surface area contributed by atoms with E-state index in [-0.39, 0.29) is 11.7 Å². The van der Waals surface area contributed by atoms with Crippen molar-refractivity contribution in [3.05, 3.63) is 29.8 Å². The fourth-order valence-electron chi connectivity index (χ4n) is 3.90. The Kier molecular flexibility index (Phi) is 7.07. The molecule has 1 aromatic carbocycles. The molecule has 2 saturated heterocycles. The Hall–Kier alpha value is -1.93. The smallest absolute Gasteiger partial charge is 0.191 e. The van der Waals surface area contributed by atoms with Crippen molar-refractivity contribution in [1.29, 1.82) is 0 Å². The Morgan fingerprint density at radius 2 is 1.86 bits per heavy atom. The second-order valence-electron chi connectivity index (χ2n) is 7.79. The highest BCUT2D eigenvalue weighted by Gasteiger charge is 2.27. The van der Waals surface area contributed by atoms with Crippen LogP contribution in [-0.4, -0.2) is 87.8 Å². The maximum Gasteiger partial charge on any atom is 0.191 e. The maximum atomic E-state index is 14.0. The molecule has 28 heavy (non-hydrogen) atoms. The van der Waals surface area contributed by atoms with Crippen LogP contribution in [0.15, 0.2) is 23.2 Å². The zero-order chi connectivity index (χ0) is 20.1. The first kappa shape index (κ1) is 20.8. The standard InChI is InChI=1S/C20H32F2N6/c1-15(27-11-9-26(3)10-12-27)13-24-20(23-2)25-16-7-8-28(14-16)19-17(21)5-4-6-18(19)22/h4-6,15-16H,7-14H2,1-3H3,(H2,23,24,25). The molecule has 2 unspecified atom stereocenters. The highest BCUT2D eigenvalue weighted by atomic mass is 19.1. The molecule has 2 atom stereocenters. The average Bonchev–Trinajstić information content (AvgIpc) is 3.13. The topological polar surface area (TPSA) is 46.1 Å². The molecule has 3 rings (SSSR count). The summed E-state index contributed by atoms with van der Waals surface area (Å²) in [5.74, 6) is -0.282. The van der Waals surface area contributed by atoms with Gasteiger partial charge in [-0.25, -0.2) is 8.78 Å². The normalized spacial score (nSPS) is 23.1. The molecule has 8 heteroatoms. The van der Waals surface area contributed by atoms with Gasteiger partial charge in [-0.1, -0.05) is 6.07 Å². The number of piperazine rings is 1. The van der Waals surface area contributed by atoms with Crippen LogP contribution >= 0.6 is 0 Å². The number of benzene rings is 1. The predicted molar refractivity (Wildman–Crippen MR) is 110 cm³/mol. The van der Waals surface area contributed by atoms with Crippen molar-refractivity contribution in [1.82, 2.24) is 20.4 Å². The number of likely N-dealkylation sites (N-methyl/N-ethyl adjacent to an activating group) is 1. The maximum absolute atomic E-state index is 14.0. The number of hydrogen-bond donors (Lipinski definition) is 2. The largest absolute Gasteiger partial charge is 0.365 e. The lowest BCUT2D eigenvalue weighted by molar-refractivity contribution is 0.120. The molecule has 1 aromatic rings. The van der Waals surface area contributed by atoms with Crippen LogP contribution in [0, 0.1) is 11.6 Å². The van der Waals surface area contributed by atoms with Crippen LogP contribution in [0.25, 0.3) is 0 Å². The first-order valence-corrected chi connectivity index (χ1v) is 10.1. The summed E-state index contributed by atoms with van der Waals surface area (Å²) in [6.07, 6.45) is 0.808. The number of hydrogen-bond acceptors (Lipinski definition) is 4. The summed E-state index contributed by atoms with van der Waals surface area (Å²) in [5.41, 5.74) is 0.0680. The number of nitrogens with zero attached hydrogens (tertiary/aromatic N) is 4. The van der Waals surface area contributed by atoms with E-state index in [1.807, 2.05) is 0 Å². The van der Waals surface area contributed by atoms with Crippen LogP contribution in [0.3, 0.4) is 0 Å². The molecule has 0 amide bonds. The summed E-state index contributed by atoms with van der Waals surface area (Å²) in [7, 11) is 3.91. The fourth-order valence-corrected chi connectivity index (χ4v) is 3.90. The molecular weight excluding hydrogens is 362 g/mol. The third kappa shape index (κ3) is 5.11. The van der Waals surface area contributed by atoms with Gasteiger partial charge in [0.25, 0.3) is 0 Å². The van der Waals surface area contributed by atoms with E-state index in [9.17, 15) is 8.78 Å².